The predicted octanol–water partition coefficient (Wildman–Crippen LogP) is 5.36. The Kier molecular flexibility index (Phi) is 6.93. The summed E-state index contributed by atoms with van der Waals surface area (Å²) in [6.45, 7) is 0.740. The minimum absolute atomic E-state index is 0.0750. The second-order valence-corrected chi connectivity index (χ2v) is 9.65. The third-order valence-electron chi connectivity index (χ3n) is 6.18. The highest BCUT2D eigenvalue weighted by Crippen LogP contribution is 2.31. The van der Waals surface area contributed by atoms with Crippen molar-refractivity contribution in [1.82, 2.24) is 14.9 Å². The van der Waals surface area contributed by atoms with E-state index < -0.39 is 29.5 Å². The normalized spacial score (nSPS) is 14.6. The summed E-state index contributed by atoms with van der Waals surface area (Å²) in [6, 6.07) is 9.30. The highest BCUT2D eigenvalue weighted by molar-refractivity contribution is 7.10. The average molecular weight is 547 g/mol. The second kappa shape index (κ2) is 10.3. The van der Waals surface area contributed by atoms with Crippen molar-refractivity contribution in [2.45, 2.75) is 31.5 Å². The molecule has 0 saturated carbocycles. The van der Waals surface area contributed by atoms with E-state index >= 15 is 0 Å². The van der Waals surface area contributed by atoms with E-state index in [0.717, 1.165) is 17.1 Å². The number of H-pyrrole nitrogens is 1. The molecular formula is C25H21F3N4O5S. The van der Waals surface area contributed by atoms with Gasteiger partial charge < -0.3 is 19.4 Å². The molecule has 9 nitrogen and oxygen atoms in total. The first-order chi connectivity index (χ1) is 18.2. The molecular weight excluding hydrogens is 525 g/mol. The van der Waals surface area contributed by atoms with Gasteiger partial charge in [-0.25, -0.2) is 14.6 Å². The molecule has 4 aromatic rings. The van der Waals surface area contributed by atoms with Crippen LogP contribution in [-0.2, 0) is 17.5 Å². The van der Waals surface area contributed by atoms with Gasteiger partial charge in [-0.1, -0.05) is 12.1 Å². The van der Waals surface area contributed by atoms with Crippen LogP contribution in [0.4, 0.5) is 23.7 Å². The van der Waals surface area contributed by atoms with E-state index in [4.69, 9.17) is 9.15 Å². The lowest BCUT2D eigenvalue weighted by atomic mass is 9.98. The van der Waals surface area contributed by atoms with Crippen LogP contribution in [0, 0.1) is 0 Å². The molecule has 0 atom stereocenters. The molecule has 3 heterocycles. The molecule has 198 valence electrons. The van der Waals surface area contributed by atoms with Crippen molar-refractivity contribution in [3.05, 3.63) is 80.2 Å². The minimum Gasteiger partial charge on any atom is -0.445 e. The molecule has 2 aromatic carbocycles. The van der Waals surface area contributed by atoms with Crippen molar-refractivity contribution in [1.29, 1.82) is 0 Å². The van der Waals surface area contributed by atoms with Crippen LogP contribution in [0.25, 0.3) is 11.1 Å². The van der Waals surface area contributed by atoms with Crippen LogP contribution in [0.3, 0.4) is 0 Å². The third-order valence-corrected chi connectivity index (χ3v) is 7.19. The number of fused-ring (bicyclic) bond motifs is 1. The molecule has 0 unspecified atom stereocenters. The van der Waals surface area contributed by atoms with Crippen LogP contribution in [0.15, 0.2) is 57.1 Å². The summed E-state index contributed by atoms with van der Waals surface area (Å²) in [4.78, 5) is 44.9. The average Bonchev–Trinajstić information content (AvgIpc) is 3.53. The summed E-state index contributed by atoms with van der Waals surface area (Å²) in [5.41, 5.74) is 1.29. The monoisotopic (exact) mass is 546 g/mol. The molecule has 2 N–H and O–H groups in total. The molecule has 5 rings (SSSR count). The largest absolute Gasteiger partial charge is 0.445 e. The lowest BCUT2D eigenvalue weighted by Crippen LogP contribution is -2.38. The van der Waals surface area contributed by atoms with Crippen molar-refractivity contribution in [3.63, 3.8) is 0 Å². The Balaban J connectivity index is 1.11. The fourth-order valence-corrected chi connectivity index (χ4v) is 5.10. The Morgan fingerprint density at radius 2 is 1.89 bits per heavy atom. The maximum Gasteiger partial charge on any atom is 0.417 e. The number of nitrogens with zero attached hydrogens (tertiary/aromatic N) is 2. The number of piperidine rings is 1. The maximum absolute atomic E-state index is 12.7. The summed E-state index contributed by atoms with van der Waals surface area (Å²) >= 11 is 1.37. The van der Waals surface area contributed by atoms with E-state index in [1.807, 2.05) is 0 Å². The van der Waals surface area contributed by atoms with Crippen LogP contribution >= 0.6 is 11.3 Å². The number of ether oxygens (including phenoxy) is 1. The maximum atomic E-state index is 12.7. The Hall–Kier alpha value is -4.13. The molecule has 1 fully saturated rings. The SMILES string of the molecule is O=C(Nc1ccc2[nH]c(=O)oc2c1)c1csc(C2CCN(C(=O)OCc3ccc(C(F)(F)F)cc3)CC2)n1. The number of carbonyl (C=O) groups is 2. The number of benzene rings is 2. The van der Waals surface area contributed by atoms with Gasteiger partial charge in [0.25, 0.3) is 5.91 Å². The van der Waals surface area contributed by atoms with Gasteiger partial charge in [0.05, 0.1) is 16.1 Å². The van der Waals surface area contributed by atoms with Crippen molar-refractivity contribution in [2.75, 3.05) is 18.4 Å². The Morgan fingerprint density at radius 1 is 1.16 bits per heavy atom. The number of thiazole rings is 1. The Bertz CT molecular complexity index is 1520. The van der Waals surface area contributed by atoms with E-state index in [9.17, 15) is 27.6 Å². The topological polar surface area (TPSA) is 118 Å². The molecule has 1 saturated heterocycles. The Labute approximate surface area is 217 Å². The van der Waals surface area contributed by atoms with Gasteiger partial charge in [-0.2, -0.15) is 13.2 Å². The van der Waals surface area contributed by atoms with Crippen LogP contribution in [0.1, 0.15) is 45.4 Å². The Morgan fingerprint density at radius 3 is 2.61 bits per heavy atom. The number of amides is 2. The highest BCUT2D eigenvalue weighted by atomic mass is 32.1. The number of oxazole rings is 1. The van der Waals surface area contributed by atoms with E-state index in [1.165, 1.54) is 23.5 Å². The van der Waals surface area contributed by atoms with Crippen LogP contribution in [0.2, 0.25) is 0 Å². The first kappa shape index (κ1) is 25.5. The van der Waals surface area contributed by atoms with E-state index in [0.29, 0.717) is 48.3 Å². The number of rotatable bonds is 5. The summed E-state index contributed by atoms with van der Waals surface area (Å²) in [5.74, 6) is -0.897. The number of alkyl halides is 3. The fourth-order valence-electron chi connectivity index (χ4n) is 4.13. The summed E-state index contributed by atoms with van der Waals surface area (Å²) < 4.78 is 48.3. The third kappa shape index (κ3) is 5.72. The van der Waals surface area contributed by atoms with Crippen LogP contribution in [0.5, 0.6) is 0 Å². The molecule has 0 aliphatic carbocycles. The standard InChI is InChI=1S/C25H21F3N4O5S/c26-25(27,28)16-3-1-14(2-4-16)12-36-24(35)32-9-7-15(8-10-32)22-30-19(13-38-22)21(33)29-17-5-6-18-20(11-17)37-23(34)31-18/h1-6,11,13,15H,7-10,12H2,(H,29,33)(H,31,34). The first-order valence-electron chi connectivity index (χ1n) is 11.6. The minimum atomic E-state index is -4.42. The zero-order chi connectivity index (χ0) is 26.9. The van der Waals surface area contributed by atoms with Gasteiger partial charge >= 0.3 is 18.0 Å². The predicted molar refractivity (Wildman–Crippen MR) is 132 cm³/mol. The lowest BCUT2D eigenvalue weighted by molar-refractivity contribution is -0.137. The van der Waals surface area contributed by atoms with Gasteiger partial charge in [-0.15, -0.1) is 11.3 Å². The highest BCUT2D eigenvalue weighted by Gasteiger charge is 2.30. The number of hydrogen-bond acceptors (Lipinski definition) is 7. The molecule has 13 heteroatoms. The summed E-state index contributed by atoms with van der Waals surface area (Å²) in [7, 11) is 0. The van der Waals surface area contributed by atoms with Gasteiger partial charge in [0.1, 0.15) is 12.3 Å². The quantitative estimate of drug-likeness (QED) is 0.348. The molecule has 0 radical (unpaired) electrons. The van der Waals surface area contributed by atoms with Crippen LogP contribution < -0.4 is 11.1 Å². The van der Waals surface area contributed by atoms with Crippen molar-refractivity contribution >= 4 is 40.1 Å². The van der Waals surface area contributed by atoms with Crippen molar-refractivity contribution < 1.29 is 31.9 Å². The summed E-state index contributed by atoms with van der Waals surface area (Å²) in [5, 5.41) is 5.20. The molecule has 38 heavy (non-hydrogen) atoms. The molecule has 0 bridgehead atoms. The lowest BCUT2D eigenvalue weighted by Gasteiger charge is -2.30. The number of nitrogens with one attached hydrogen (secondary N) is 2. The number of aromatic nitrogens is 2. The number of hydrogen-bond donors (Lipinski definition) is 2. The molecule has 1 aliphatic heterocycles. The van der Waals surface area contributed by atoms with Crippen molar-refractivity contribution in [2.24, 2.45) is 0 Å². The van der Waals surface area contributed by atoms with Gasteiger partial charge in [0.15, 0.2) is 5.58 Å². The van der Waals surface area contributed by atoms with Gasteiger partial charge in [-0.3, -0.25) is 9.78 Å². The van der Waals surface area contributed by atoms with Gasteiger partial charge in [-0.05, 0) is 42.7 Å². The number of anilines is 1. The van der Waals surface area contributed by atoms with Gasteiger partial charge in [0, 0.05) is 36.1 Å². The second-order valence-electron chi connectivity index (χ2n) is 8.76. The number of aromatic amines is 1. The van der Waals surface area contributed by atoms with E-state index in [1.54, 1.807) is 28.5 Å². The smallest absolute Gasteiger partial charge is 0.417 e. The number of halogens is 3. The number of carbonyl (C=O) groups excluding carboxylic acids is 2. The first-order valence-corrected chi connectivity index (χ1v) is 12.5. The van der Waals surface area contributed by atoms with Crippen molar-refractivity contribution in [3.8, 4) is 0 Å². The zero-order valence-corrected chi connectivity index (χ0v) is 20.5. The summed E-state index contributed by atoms with van der Waals surface area (Å²) in [6.07, 6.45) is -3.68. The molecule has 2 amide bonds. The number of likely N-dealkylation sites (tertiary alicyclic amines) is 1. The fraction of sp³-hybridized carbons (Fsp3) is 0.280. The van der Waals surface area contributed by atoms with E-state index in [-0.39, 0.29) is 18.2 Å². The van der Waals surface area contributed by atoms with Gasteiger partial charge in [0.2, 0.25) is 0 Å². The molecule has 0 spiro atoms. The van der Waals surface area contributed by atoms with Crippen LogP contribution in [-0.4, -0.2) is 40.0 Å². The molecule has 1 aliphatic rings. The molecule has 2 aromatic heterocycles. The zero-order valence-electron chi connectivity index (χ0n) is 19.7. The van der Waals surface area contributed by atoms with E-state index in [2.05, 4.69) is 15.3 Å².